The monoisotopic (exact) mass is 363 g/mol. The number of hydrogen-bond donors (Lipinski definition) is 2. The third-order valence-electron chi connectivity index (χ3n) is 4.16. The van der Waals surface area contributed by atoms with Gasteiger partial charge in [0, 0.05) is 26.7 Å². The molecule has 2 N–H and O–H groups in total. The lowest BCUT2D eigenvalue weighted by molar-refractivity contribution is 0.0367. The Labute approximate surface area is 157 Å². The summed E-state index contributed by atoms with van der Waals surface area (Å²) in [6, 6.07) is 8.09. The van der Waals surface area contributed by atoms with E-state index in [-0.39, 0.29) is 0 Å². The first-order valence-electron chi connectivity index (χ1n) is 9.59. The highest BCUT2D eigenvalue weighted by Gasteiger charge is 2.21. The largest absolute Gasteiger partial charge is 0.494 e. The van der Waals surface area contributed by atoms with Gasteiger partial charge in [-0.15, -0.1) is 0 Å². The van der Waals surface area contributed by atoms with Gasteiger partial charge in [-0.2, -0.15) is 0 Å². The average molecular weight is 364 g/mol. The standard InChI is InChI=1S/C20H33N3O3/c1-4-21-20(22-12-18(24)15-25-14-17-6-7-17)23(3)13-16-8-10-19(11-9-16)26-5-2/h8-11,17-18,24H,4-7,12-15H2,1-3H3,(H,21,22). The Morgan fingerprint density at radius 2 is 2.04 bits per heavy atom. The van der Waals surface area contributed by atoms with Gasteiger partial charge in [-0.1, -0.05) is 12.1 Å². The lowest BCUT2D eigenvalue weighted by Crippen LogP contribution is -2.39. The quantitative estimate of drug-likeness (QED) is 0.466. The summed E-state index contributed by atoms with van der Waals surface area (Å²) in [5, 5.41) is 13.3. The maximum absolute atomic E-state index is 10.1. The molecule has 2 rings (SSSR count). The van der Waals surface area contributed by atoms with Crippen molar-refractivity contribution >= 4 is 5.96 Å². The minimum absolute atomic E-state index is 0.334. The Kier molecular flexibility index (Phi) is 8.71. The molecule has 0 bridgehead atoms. The van der Waals surface area contributed by atoms with Gasteiger partial charge >= 0.3 is 0 Å². The molecule has 0 aliphatic heterocycles. The molecule has 1 saturated carbocycles. The summed E-state index contributed by atoms with van der Waals surface area (Å²) in [7, 11) is 1.99. The van der Waals surface area contributed by atoms with Crippen LogP contribution in [0.15, 0.2) is 29.3 Å². The Hall–Kier alpha value is -1.79. The minimum Gasteiger partial charge on any atom is -0.494 e. The summed E-state index contributed by atoms with van der Waals surface area (Å²) < 4.78 is 11.0. The van der Waals surface area contributed by atoms with E-state index in [9.17, 15) is 5.11 Å². The summed E-state index contributed by atoms with van der Waals surface area (Å²) in [6.07, 6.45) is 1.95. The van der Waals surface area contributed by atoms with E-state index in [1.54, 1.807) is 0 Å². The molecule has 26 heavy (non-hydrogen) atoms. The van der Waals surface area contributed by atoms with Crippen LogP contribution in [0.1, 0.15) is 32.3 Å². The summed E-state index contributed by atoms with van der Waals surface area (Å²) in [4.78, 5) is 6.60. The van der Waals surface area contributed by atoms with Crippen LogP contribution in [0.5, 0.6) is 5.75 Å². The number of rotatable bonds is 11. The second-order valence-electron chi connectivity index (χ2n) is 6.76. The molecule has 1 aliphatic rings. The highest BCUT2D eigenvalue weighted by atomic mass is 16.5. The van der Waals surface area contributed by atoms with E-state index in [4.69, 9.17) is 9.47 Å². The van der Waals surface area contributed by atoms with Crippen molar-refractivity contribution in [1.82, 2.24) is 10.2 Å². The number of benzene rings is 1. The minimum atomic E-state index is -0.568. The Bertz CT molecular complexity index is 544. The van der Waals surface area contributed by atoms with Crippen molar-refractivity contribution in [2.75, 3.05) is 40.0 Å². The van der Waals surface area contributed by atoms with Crippen LogP contribution >= 0.6 is 0 Å². The first kappa shape index (κ1) is 20.5. The molecule has 0 radical (unpaired) electrons. The van der Waals surface area contributed by atoms with Crippen LogP contribution in [0, 0.1) is 5.92 Å². The smallest absolute Gasteiger partial charge is 0.194 e. The molecule has 1 aliphatic carbocycles. The number of guanidine groups is 1. The zero-order valence-corrected chi connectivity index (χ0v) is 16.3. The molecule has 0 aromatic heterocycles. The van der Waals surface area contributed by atoms with Crippen molar-refractivity contribution in [3.63, 3.8) is 0 Å². The zero-order valence-electron chi connectivity index (χ0n) is 16.3. The molecule has 0 spiro atoms. The van der Waals surface area contributed by atoms with Gasteiger partial charge in [0.15, 0.2) is 5.96 Å². The third-order valence-corrected chi connectivity index (χ3v) is 4.16. The van der Waals surface area contributed by atoms with E-state index in [1.165, 1.54) is 18.4 Å². The molecule has 1 fully saturated rings. The number of aliphatic imine (C=N–C) groups is 1. The van der Waals surface area contributed by atoms with E-state index >= 15 is 0 Å². The molecule has 0 heterocycles. The summed E-state index contributed by atoms with van der Waals surface area (Å²) in [6.45, 7) is 7.64. The van der Waals surface area contributed by atoms with E-state index in [0.29, 0.717) is 25.7 Å². The predicted molar refractivity (Wildman–Crippen MR) is 105 cm³/mol. The average Bonchev–Trinajstić information content (AvgIpc) is 3.45. The Morgan fingerprint density at radius 3 is 2.65 bits per heavy atom. The van der Waals surface area contributed by atoms with Crippen LogP contribution in [-0.4, -0.2) is 62.0 Å². The maximum Gasteiger partial charge on any atom is 0.194 e. The van der Waals surface area contributed by atoms with Crippen LogP contribution in [-0.2, 0) is 11.3 Å². The van der Waals surface area contributed by atoms with Gasteiger partial charge in [-0.05, 0) is 50.3 Å². The highest BCUT2D eigenvalue weighted by molar-refractivity contribution is 5.79. The second-order valence-corrected chi connectivity index (χ2v) is 6.76. The number of nitrogens with one attached hydrogen (secondary N) is 1. The molecule has 146 valence electrons. The van der Waals surface area contributed by atoms with E-state index in [2.05, 4.69) is 27.3 Å². The van der Waals surface area contributed by atoms with Crippen molar-refractivity contribution in [3.8, 4) is 5.75 Å². The van der Waals surface area contributed by atoms with Crippen molar-refractivity contribution in [1.29, 1.82) is 0 Å². The van der Waals surface area contributed by atoms with Gasteiger partial charge in [-0.25, -0.2) is 0 Å². The molecule has 1 unspecified atom stereocenters. The second kappa shape index (κ2) is 11.0. The number of hydrogen-bond acceptors (Lipinski definition) is 4. The molecule has 1 aromatic carbocycles. The van der Waals surface area contributed by atoms with E-state index in [1.807, 2.05) is 33.0 Å². The number of aliphatic hydroxyl groups is 1. The highest BCUT2D eigenvalue weighted by Crippen LogP contribution is 2.28. The molecule has 6 nitrogen and oxygen atoms in total. The third kappa shape index (κ3) is 7.62. The first-order valence-corrected chi connectivity index (χ1v) is 9.59. The van der Waals surface area contributed by atoms with Crippen LogP contribution < -0.4 is 10.1 Å². The van der Waals surface area contributed by atoms with Crippen LogP contribution in [0.25, 0.3) is 0 Å². The number of nitrogens with zero attached hydrogens (tertiary/aromatic N) is 2. The van der Waals surface area contributed by atoms with Crippen molar-refractivity contribution in [2.24, 2.45) is 10.9 Å². The molecule has 0 amide bonds. The van der Waals surface area contributed by atoms with Gasteiger partial charge in [0.25, 0.3) is 0 Å². The lowest BCUT2D eigenvalue weighted by Gasteiger charge is -2.22. The zero-order chi connectivity index (χ0) is 18.8. The van der Waals surface area contributed by atoms with Crippen LogP contribution in [0.3, 0.4) is 0 Å². The topological polar surface area (TPSA) is 66.3 Å². The molecule has 1 atom stereocenters. The van der Waals surface area contributed by atoms with Crippen molar-refractivity contribution in [2.45, 2.75) is 39.3 Å². The Morgan fingerprint density at radius 1 is 1.31 bits per heavy atom. The van der Waals surface area contributed by atoms with Gasteiger partial charge in [0.05, 0.1) is 25.9 Å². The summed E-state index contributed by atoms with van der Waals surface area (Å²) >= 11 is 0. The fourth-order valence-electron chi connectivity index (χ4n) is 2.58. The first-order chi connectivity index (χ1) is 12.6. The fourth-order valence-corrected chi connectivity index (χ4v) is 2.58. The van der Waals surface area contributed by atoms with Crippen LogP contribution in [0.2, 0.25) is 0 Å². The Balaban J connectivity index is 1.82. The van der Waals surface area contributed by atoms with E-state index < -0.39 is 6.10 Å². The predicted octanol–water partition coefficient (Wildman–Crippen LogP) is 2.27. The van der Waals surface area contributed by atoms with Gasteiger partial charge < -0.3 is 24.8 Å². The van der Waals surface area contributed by atoms with E-state index in [0.717, 1.165) is 31.4 Å². The van der Waals surface area contributed by atoms with Gasteiger partial charge in [-0.3, -0.25) is 4.99 Å². The van der Waals surface area contributed by atoms with Gasteiger partial charge in [0.2, 0.25) is 0 Å². The molecular weight excluding hydrogens is 330 g/mol. The molecule has 6 heteroatoms. The van der Waals surface area contributed by atoms with Gasteiger partial charge in [0.1, 0.15) is 5.75 Å². The number of aliphatic hydroxyl groups excluding tert-OH is 1. The van der Waals surface area contributed by atoms with Crippen molar-refractivity contribution < 1.29 is 14.6 Å². The maximum atomic E-state index is 10.1. The molecule has 1 aromatic rings. The summed E-state index contributed by atoms with van der Waals surface area (Å²) in [5.41, 5.74) is 1.18. The fraction of sp³-hybridized carbons (Fsp3) is 0.650. The number of ether oxygens (including phenoxy) is 2. The lowest BCUT2D eigenvalue weighted by atomic mass is 10.2. The van der Waals surface area contributed by atoms with Crippen LogP contribution in [0.4, 0.5) is 0 Å². The normalized spacial score (nSPS) is 15.6. The van der Waals surface area contributed by atoms with Crippen molar-refractivity contribution in [3.05, 3.63) is 29.8 Å². The molecular formula is C20H33N3O3. The summed E-state index contributed by atoms with van der Waals surface area (Å²) in [5.74, 6) is 2.37. The SMILES string of the molecule is CCNC(=NCC(O)COCC1CC1)N(C)Cc1ccc(OCC)cc1. The molecule has 0 saturated heterocycles.